The Balaban J connectivity index is 1.35. The number of unbranched alkanes of at least 4 members (excludes halogenated alkanes) is 4. The molecule has 2 bridgehead atoms. The van der Waals surface area contributed by atoms with Gasteiger partial charge in [-0.2, -0.15) is 0 Å². The molecule has 0 saturated carbocycles. The second-order valence-electron chi connectivity index (χ2n) is 11.0. The summed E-state index contributed by atoms with van der Waals surface area (Å²) in [6, 6.07) is 9.34. The molecule has 0 aliphatic carbocycles. The van der Waals surface area contributed by atoms with E-state index >= 15 is 0 Å². The zero-order valence-electron chi connectivity index (χ0n) is 20.8. The molecule has 6 heteroatoms. The summed E-state index contributed by atoms with van der Waals surface area (Å²) in [7, 11) is 0. The van der Waals surface area contributed by atoms with Gasteiger partial charge in [-0.05, 0) is 56.0 Å². The highest BCUT2D eigenvalue weighted by molar-refractivity contribution is 5.80. The average Bonchev–Trinajstić information content (AvgIpc) is 2.85. The molecule has 0 radical (unpaired) electrons. The van der Waals surface area contributed by atoms with Crippen LogP contribution in [0.3, 0.4) is 0 Å². The van der Waals surface area contributed by atoms with Crippen molar-refractivity contribution >= 4 is 11.9 Å². The van der Waals surface area contributed by atoms with Crippen LogP contribution in [0, 0.1) is 17.3 Å². The Morgan fingerprint density at radius 3 is 2.03 bits per heavy atom. The molecule has 190 valence electrons. The number of nitrogens with zero attached hydrogens (tertiary/aromatic N) is 1. The third-order valence-electron chi connectivity index (χ3n) is 8.83. The summed E-state index contributed by atoms with van der Waals surface area (Å²) in [6.45, 7) is 6.11. The first-order valence-electron chi connectivity index (χ1n) is 13.4. The molecule has 2 atom stereocenters. The lowest BCUT2D eigenvalue weighted by Gasteiger charge is -2.55. The summed E-state index contributed by atoms with van der Waals surface area (Å²) in [5, 5.41) is 19.4. The highest BCUT2D eigenvalue weighted by Crippen LogP contribution is 2.47. The fourth-order valence-electron chi connectivity index (χ4n) is 6.43. The van der Waals surface area contributed by atoms with Crippen molar-refractivity contribution in [1.82, 2.24) is 0 Å². The molecule has 1 aromatic carbocycles. The number of rotatable bonds is 16. The van der Waals surface area contributed by atoms with Gasteiger partial charge in [-0.25, -0.2) is 0 Å². The topological polar surface area (TPSA) is 101 Å². The number of piperidine rings is 3. The minimum absolute atomic E-state index is 0.265. The van der Waals surface area contributed by atoms with Gasteiger partial charge >= 0.3 is 11.9 Å². The zero-order valence-corrected chi connectivity index (χ0v) is 20.8. The lowest BCUT2D eigenvalue weighted by atomic mass is 9.68. The van der Waals surface area contributed by atoms with Crippen LogP contribution < -0.4 is 5.73 Å². The highest BCUT2D eigenvalue weighted by Gasteiger charge is 2.47. The molecule has 34 heavy (non-hydrogen) atoms. The van der Waals surface area contributed by atoms with E-state index in [0.29, 0.717) is 11.8 Å². The van der Waals surface area contributed by atoms with Crippen molar-refractivity contribution < 1.29 is 24.3 Å². The first-order chi connectivity index (χ1) is 16.4. The highest BCUT2D eigenvalue weighted by atomic mass is 16.4. The molecule has 0 unspecified atom stereocenters. The Morgan fingerprint density at radius 1 is 0.853 bits per heavy atom. The molecule has 3 saturated heterocycles. The van der Waals surface area contributed by atoms with Crippen molar-refractivity contribution in [1.29, 1.82) is 0 Å². The van der Waals surface area contributed by atoms with E-state index < -0.39 is 23.8 Å². The van der Waals surface area contributed by atoms with Gasteiger partial charge in [0.15, 0.2) is 0 Å². The van der Waals surface area contributed by atoms with Crippen molar-refractivity contribution in [2.24, 2.45) is 23.0 Å². The summed E-state index contributed by atoms with van der Waals surface area (Å²) < 4.78 is 1.31. The molecule has 0 amide bonds. The third kappa shape index (κ3) is 7.29. The summed E-state index contributed by atoms with van der Waals surface area (Å²) in [5.74, 6) is -3.72. The minimum Gasteiger partial charge on any atom is -0.481 e. The molecule has 3 aliphatic rings. The van der Waals surface area contributed by atoms with Crippen LogP contribution in [0.25, 0.3) is 0 Å². The van der Waals surface area contributed by atoms with E-state index in [2.05, 4.69) is 0 Å². The second kappa shape index (κ2) is 12.7. The van der Waals surface area contributed by atoms with Gasteiger partial charge in [0.25, 0.3) is 0 Å². The second-order valence-corrected chi connectivity index (χ2v) is 11.0. The summed E-state index contributed by atoms with van der Waals surface area (Å²) in [6.07, 6.45) is 12.6. The van der Waals surface area contributed by atoms with Crippen molar-refractivity contribution in [3.8, 4) is 0 Å². The molecule has 3 fully saturated rings. The molecule has 3 aliphatic heterocycles. The fraction of sp³-hybridized carbons (Fsp3) is 0.714. The number of hydrogen-bond acceptors (Lipinski definition) is 3. The largest absolute Gasteiger partial charge is 0.481 e. The first-order valence-corrected chi connectivity index (χ1v) is 13.4. The van der Waals surface area contributed by atoms with E-state index in [-0.39, 0.29) is 6.42 Å². The maximum atomic E-state index is 11.9. The lowest BCUT2D eigenvalue weighted by molar-refractivity contribution is -0.945. The monoisotopic (exact) mass is 473 g/mol. The van der Waals surface area contributed by atoms with Crippen LogP contribution in [-0.4, -0.2) is 59.4 Å². The maximum absolute atomic E-state index is 11.9. The number of carboxylic acid groups (broad SMARTS) is 2. The minimum atomic E-state index is -1.01. The third-order valence-corrected chi connectivity index (χ3v) is 8.83. The summed E-state index contributed by atoms with van der Waals surface area (Å²) in [5.41, 5.74) is 7.21. The Kier molecular flexibility index (Phi) is 9.96. The number of aliphatic carboxylic acids is 2. The van der Waals surface area contributed by atoms with Gasteiger partial charge in [-0.1, -0.05) is 49.6 Å². The van der Waals surface area contributed by atoms with Crippen LogP contribution in [0.4, 0.5) is 0 Å². The fourth-order valence-corrected chi connectivity index (χ4v) is 6.43. The zero-order chi connectivity index (χ0) is 24.4. The van der Waals surface area contributed by atoms with E-state index in [1.807, 2.05) is 30.3 Å². The molecule has 4 rings (SSSR count). The van der Waals surface area contributed by atoms with E-state index in [1.54, 1.807) is 0 Å². The van der Waals surface area contributed by atoms with Gasteiger partial charge in [0, 0.05) is 19.3 Å². The smallest absolute Gasteiger partial charge is 0.307 e. The Hall–Kier alpha value is -1.92. The summed E-state index contributed by atoms with van der Waals surface area (Å²) >= 11 is 0. The van der Waals surface area contributed by atoms with Gasteiger partial charge in [0.05, 0.1) is 38.0 Å². The number of carboxylic acids is 2. The van der Waals surface area contributed by atoms with Gasteiger partial charge in [0.1, 0.15) is 0 Å². The number of hydrogen-bond donors (Lipinski definition) is 3. The van der Waals surface area contributed by atoms with Gasteiger partial charge in [-0.3, -0.25) is 9.59 Å². The number of quaternary nitrogens is 1. The van der Waals surface area contributed by atoms with Crippen molar-refractivity contribution in [3.63, 3.8) is 0 Å². The van der Waals surface area contributed by atoms with Crippen LogP contribution in [-0.2, 0) is 16.0 Å². The summed E-state index contributed by atoms with van der Waals surface area (Å²) in [4.78, 5) is 23.7. The Morgan fingerprint density at radius 2 is 1.44 bits per heavy atom. The Bertz CT molecular complexity index is 757. The number of carbonyl (C=O) groups is 2. The normalized spacial score (nSPS) is 25.7. The standard InChI is InChI=1S/C28H44N2O4/c29-17-9-13-28-14-19-30(20-15-28,21-16-28)18-8-3-1-2-7-12-24(26(31)32)25(27(33)34)22-23-10-5-4-6-11-23/h4-6,10-11,24-25H,1-3,7-9,12-22,29H2,(H-,31,32,33,34)/p+1/t24-,25+,28?,30?/m1/s1. The predicted molar refractivity (Wildman–Crippen MR) is 134 cm³/mol. The van der Waals surface area contributed by atoms with Crippen LogP contribution in [0.15, 0.2) is 30.3 Å². The van der Waals surface area contributed by atoms with Crippen molar-refractivity contribution in [2.75, 3.05) is 32.7 Å². The van der Waals surface area contributed by atoms with Crippen molar-refractivity contribution in [3.05, 3.63) is 35.9 Å². The van der Waals surface area contributed by atoms with Gasteiger partial charge < -0.3 is 20.4 Å². The first kappa shape index (κ1) is 26.7. The van der Waals surface area contributed by atoms with Gasteiger partial charge in [0.2, 0.25) is 0 Å². The molecular weight excluding hydrogens is 428 g/mol. The molecule has 6 nitrogen and oxygen atoms in total. The molecule has 0 spiro atoms. The van der Waals surface area contributed by atoms with Crippen LogP contribution in [0.1, 0.15) is 76.2 Å². The molecular formula is C28H45N2O4+. The van der Waals surface area contributed by atoms with Crippen LogP contribution >= 0.6 is 0 Å². The maximum Gasteiger partial charge on any atom is 0.307 e. The Labute approximate surface area is 205 Å². The van der Waals surface area contributed by atoms with E-state index in [9.17, 15) is 19.8 Å². The SMILES string of the molecule is NCCCC12CC[N+](CCCCCCC[C@@H](C(=O)O)[C@H](Cc3ccccc3)C(=O)O)(CC1)CC2. The van der Waals surface area contributed by atoms with Crippen LogP contribution in [0.5, 0.6) is 0 Å². The molecule has 1 aromatic rings. The number of fused-ring (bicyclic) bond motifs is 3. The van der Waals surface area contributed by atoms with Crippen LogP contribution in [0.2, 0.25) is 0 Å². The predicted octanol–water partition coefficient (Wildman–Crippen LogP) is 4.71. The molecule has 4 N–H and O–H groups in total. The van der Waals surface area contributed by atoms with Crippen molar-refractivity contribution in [2.45, 2.75) is 77.0 Å². The average molecular weight is 474 g/mol. The molecule has 3 heterocycles. The quantitative estimate of drug-likeness (QED) is 0.238. The lowest BCUT2D eigenvalue weighted by Crippen LogP contribution is -2.62. The number of benzene rings is 1. The number of nitrogens with two attached hydrogens (primary N) is 1. The van der Waals surface area contributed by atoms with Gasteiger partial charge in [-0.15, -0.1) is 0 Å². The molecule has 0 aromatic heterocycles. The van der Waals surface area contributed by atoms with E-state index in [1.165, 1.54) is 75.6 Å². The van der Waals surface area contributed by atoms with E-state index in [4.69, 9.17) is 5.73 Å². The van der Waals surface area contributed by atoms with E-state index in [0.717, 1.165) is 31.4 Å².